The molecule has 16 heavy (non-hydrogen) atoms. The van der Waals surface area contributed by atoms with E-state index in [1.807, 2.05) is 13.0 Å². The number of hydrogen-bond donors (Lipinski definition) is 1. The lowest BCUT2D eigenvalue weighted by atomic mass is 10.1. The Morgan fingerprint density at radius 1 is 1.56 bits per heavy atom. The van der Waals surface area contributed by atoms with Gasteiger partial charge in [0, 0.05) is 24.8 Å². The van der Waals surface area contributed by atoms with Crippen LogP contribution < -0.4 is 5.73 Å². The SMILES string of the molecule is Cc1cc(N)ccc1C(=O)N(C)CCC#N. The van der Waals surface area contributed by atoms with Gasteiger partial charge in [-0.3, -0.25) is 4.79 Å². The fraction of sp³-hybridized carbons (Fsp3) is 0.333. The molecule has 4 nitrogen and oxygen atoms in total. The van der Waals surface area contributed by atoms with Gasteiger partial charge in [0.25, 0.3) is 5.91 Å². The van der Waals surface area contributed by atoms with Gasteiger partial charge in [-0.25, -0.2) is 0 Å². The Labute approximate surface area is 95.3 Å². The number of benzene rings is 1. The van der Waals surface area contributed by atoms with Crippen LogP contribution in [0.5, 0.6) is 0 Å². The van der Waals surface area contributed by atoms with Gasteiger partial charge in [-0.15, -0.1) is 0 Å². The van der Waals surface area contributed by atoms with Gasteiger partial charge in [0.15, 0.2) is 0 Å². The molecule has 0 bridgehead atoms. The number of nitrogens with two attached hydrogens (primary N) is 1. The zero-order valence-corrected chi connectivity index (χ0v) is 9.53. The van der Waals surface area contributed by atoms with Crippen molar-refractivity contribution in [3.05, 3.63) is 29.3 Å². The number of anilines is 1. The molecular formula is C12H15N3O. The van der Waals surface area contributed by atoms with E-state index in [1.54, 1.807) is 30.1 Å². The average Bonchev–Trinajstić information content (AvgIpc) is 2.25. The molecule has 4 heteroatoms. The summed E-state index contributed by atoms with van der Waals surface area (Å²) in [6, 6.07) is 7.21. The third-order valence-electron chi connectivity index (χ3n) is 2.39. The fourth-order valence-electron chi connectivity index (χ4n) is 1.45. The molecule has 0 aliphatic rings. The molecule has 0 heterocycles. The normalized spacial score (nSPS) is 9.56. The number of rotatable bonds is 3. The van der Waals surface area contributed by atoms with Crippen LogP contribution in [0.1, 0.15) is 22.3 Å². The minimum Gasteiger partial charge on any atom is -0.399 e. The molecule has 0 spiro atoms. The van der Waals surface area contributed by atoms with Crippen molar-refractivity contribution in [3.63, 3.8) is 0 Å². The predicted octanol–water partition coefficient (Wildman–Crippen LogP) is 1.56. The first kappa shape index (κ1) is 12.1. The van der Waals surface area contributed by atoms with E-state index in [0.29, 0.717) is 24.2 Å². The van der Waals surface area contributed by atoms with E-state index < -0.39 is 0 Å². The molecule has 0 aromatic heterocycles. The molecule has 84 valence electrons. The molecule has 1 aromatic rings. The number of nitrogen functional groups attached to an aromatic ring is 1. The summed E-state index contributed by atoms with van der Waals surface area (Å²) >= 11 is 0. The molecule has 1 aromatic carbocycles. The van der Waals surface area contributed by atoms with Crippen LogP contribution in [-0.4, -0.2) is 24.4 Å². The van der Waals surface area contributed by atoms with Gasteiger partial charge in [0.05, 0.1) is 12.5 Å². The van der Waals surface area contributed by atoms with Gasteiger partial charge in [-0.2, -0.15) is 5.26 Å². The average molecular weight is 217 g/mol. The molecule has 1 amide bonds. The number of aryl methyl sites for hydroxylation is 1. The molecule has 0 radical (unpaired) electrons. The summed E-state index contributed by atoms with van der Waals surface area (Å²) in [6.07, 6.45) is 0.344. The summed E-state index contributed by atoms with van der Waals surface area (Å²) in [5, 5.41) is 8.45. The molecule has 0 aliphatic carbocycles. The topological polar surface area (TPSA) is 70.1 Å². The van der Waals surface area contributed by atoms with Gasteiger partial charge < -0.3 is 10.6 Å². The Balaban J connectivity index is 2.84. The third-order valence-corrected chi connectivity index (χ3v) is 2.39. The van der Waals surface area contributed by atoms with Crippen LogP contribution in [0.3, 0.4) is 0 Å². The van der Waals surface area contributed by atoms with Crippen LogP contribution in [0.4, 0.5) is 5.69 Å². The lowest BCUT2D eigenvalue weighted by molar-refractivity contribution is 0.0797. The summed E-state index contributed by atoms with van der Waals surface area (Å²) in [4.78, 5) is 13.5. The fourth-order valence-corrected chi connectivity index (χ4v) is 1.45. The molecule has 0 saturated heterocycles. The van der Waals surface area contributed by atoms with Crippen molar-refractivity contribution in [1.29, 1.82) is 5.26 Å². The molecule has 0 aliphatic heterocycles. The Morgan fingerprint density at radius 3 is 2.81 bits per heavy atom. The van der Waals surface area contributed by atoms with E-state index in [1.165, 1.54) is 0 Å². The highest BCUT2D eigenvalue weighted by atomic mass is 16.2. The van der Waals surface area contributed by atoms with Gasteiger partial charge in [0.2, 0.25) is 0 Å². The first-order valence-electron chi connectivity index (χ1n) is 5.05. The minimum atomic E-state index is -0.0762. The van der Waals surface area contributed by atoms with Crippen LogP contribution in [0.25, 0.3) is 0 Å². The summed E-state index contributed by atoms with van der Waals surface area (Å²) in [6.45, 7) is 2.29. The molecule has 0 saturated carbocycles. The number of nitriles is 1. The van der Waals surface area contributed by atoms with Crippen LogP contribution >= 0.6 is 0 Å². The summed E-state index contributed by atoms with van der Waals surface area (Å²) in [5.41, 5.74) is 7.75. The highest BCUT2D eigenvalue weighted by Gasteiger charge is 2.13. The number of carbonyl (C=O) groups is 1. The molecule has 0 atom stereocenters. The monoisotopic (exact) mass is 217 g/mol. The van der Waals surface area contributed by atoms with Crippen molar-refractivity contribution in [2.24, 2.45) is 0 Å². The zero-order chi connectivity index (χ0) is 12.1. The number of amides is 1. The Kier molecular flexibility index (Phi) is 3.90. The maximum atomic E-state index is 12.0. The maximum Gasteiger partial charge on any atom is 0.253 e. The zero-order valence-electron chi connectivity index (χ0n) is 9.53. The summed E-state index contributed by atoms with van der Waals surface area (Å²) < 4.78 is 0. The third kappa shape index (κ3) is 2.74. The first-order chi connectivity index (χ1) is 7.56. The maximum absolute atomic E-state index is 12.0. The molecule has 2 N–H and O–H groups in total. The Morgan fingerprint density at radius 2 is 2.25 bits per heavy atom. The van der Waals surface area contributed by atoms with E-state index in [2.05, 4.69) is 0 Å². The quantitative estimate of drug-likeness (QED) is 0.781. The van der Waals surface area contributed by atoms with E-state index in [4.69, 9.17) is 11.0 Å². The molecule has 0 unspecified atom stereocenters. The summed E-state index contributed by atoms with van der Waals surface area (Å²) in [7, 11) is 1.69. The van der Waals surface area contributed by atoms with Crippen molar-refractivity contribution in [1.82, 2.24) is 4.90 Å². The smallest absolute Gasteiger partial charge is 0.253 e. The molecular weight excluding hydrogens is 202 g/mol. The number of hydrogen-bond acceptors (Lipinski definition) is 3. The van der Waals surface area contributed by atoms with E-state index in [0.717, 1.165) is 5.56 Å². The first-order valence-corrected chi connectivity index (χ1v) is 5.05. The highest BCUT2D eigenvalue weighted by molar-refractivity contribution is 5.95. The van der Waals surface area contributed by atoms with Gasteiger partial charge >= 0.3 is 0 Å². The second kappa shape index (κ2) is 5.17. The molecule has 0 fully saturated rings. The van der Waals surface area contributed by atoms with E-state index in [-0.39, 0.29) is 5.91 Å². The highest BCUT2D eigenvalue weighted by Crippen LogP contribution is 2.14. The lowest BCUT2D eigenvalue weighted by Crippen LogP contribution is -2.28. The van der Waals surface area contributed by atoms with Crippen molar-refractivity contribution >= 4 is 11.6 Å². The standard InChI is InChI=1S/C12H15N3O/c1-9-8-10(14)4-5-11(9)12(16)15(2)7-3-6-13/h4-5,8H,3,7,14H2,1-2H3. The van der Waals surface area contributed by atoms with Crippen molar-refractivity contribution in [2.75, 3.05) is 19.3 Å². The van der Waals surface area contributed by atoms with Gasteiger partial charge in [-0.1, -0.05) is 0 Å². The van der Waals surface area contributed by atoms with E-state index in [9.17, 15) is 4.79 Å². The van der Waals surface area contributed by atoms with Crippen LogP contribution in [-0.2, 0) is 0 Å². The molecule has 1 rings (SSSR count). The lowest BCUT2D eigenvalue weighted by Gasteiger charge is -2.16. The van der Waals surface area contributed by atoms with Crippen LogP contribution in [0, 0.1) is 18.3 Å². The van der Waals surface area contributed by atoms with Crippen molar-refractivity contribution in [3.8, 4) is 6.07 Å². The second-order valence-electron chi connectivity index (χ2n) is 3.71. The minimum absolute atomic E-state index is 0.0762. The van der Waals surface area contributed by atoms with Gasteiger partial charge in [0.1, 0.15) is 0 Å². The van der Waals surface area contributed by atoms with Crippen molar-refractivity contribution < 1.29 is 4.79 Å². The number of carbonyl (C=O) groups excluding carboxylic acids is 1. The van der Waals surface area contributed by atoms with Crippen molar-refractivity contribution in [2.45, 2.75) is 13.3 Å². The van der Waals surface area contributed by atoms with Crippen LogP contribution in [0.2, 0.25) is 0 Å². The van der Waals surface area contributed by atoms with Crippen LogP contribution in [0.15, 0.2) is 18.2 Å². The Hall–Kier alpha value is -2.02. The predicted molar refractivity (Wildman–Crippen MR) is 62.8 cm³/mol. The summed E-state index contributed by atoms with van der Waals surface area (Å²) in [5.74, 6) is -0.0762. The van der Waals surface area contributed by atoms with E-state index >= 15 is 0 Å². The van der Waals surface area contributed by atoms with Gasteiger partial charge in [-0.05, 0) is 30.7 Å². The Bertz CT molecular complexity index is 434. The largest absolute Gasteiger partial charge is 0.399 e. The number of nitrogens with zero attached hydrogens (tertiary/aromatic N) is 2. The second-order valence-corrected chi connectivity index (χ2v) is 3.71.